The molecular formula is C17H25N6O4+. The maximum absolute atomic E-state index is 13.4. The number of nitrogens with zero attached hydrogens (tertiary/aromatic N) is 2. The molecule has 0 radical (unpaired) electrons. The molecule has 0 bridgehead atoms. The number of nitrogens with two attached hydrogens (primary N) is 1. The van der Waals surface area contributed by atoms with E-state index < -0.39 is 40.3 Å². The SMILES string of the molecule is CNC(=O)[C@@H]1CCC[N+]1(C(=O)[C@H]1NC(=O)[C@@H]1C)C(=O)[C@@H](N)Cc1cnc[nH]1. The zero-order valence-electron chi connectivity index (χ0n) is 15.4. The Labute approximate surface area is 156 Å². The van der Waals surface area contributed by atoms with Gasteiger partial charge in [0, 0.05) is 38.2 Å². The maximum atomic E-state index is 13.4. The standard InChI is InChI=1S/C17H24N6O4/c1-9-13(22-14(9)24)17(27)23(5-3-4-12(23)15(25)19-2)16(26)11(18)6-10-7-20-8-21-10/h7-9,11-13H,3-6,18H2,1-2H3,(H2-,19,20,21,22,24,25)/p+1/t9-,11+,12+,13+,23?/m1/s1. The van der Waals surface area contributed by atoms with Crippen LogP contribution in [0.3, 0.4) is 0 Å². The minimum Gasteiger partial charge on any atom is -0.354 e. The number of H-pyrrole nitrogens is 1. The van der Waals surface area contributed by atoms with Crippen molar-refractivity contribution in [2.45, 2.75) is 44.3 Å². The van der Waals surface area contributed by atoms with E-state index in [-0.39, 0.29) is 24.8 Å². The molecule has 0 saturated carbocycles. The Morgan fingerprint density at radius 2 is 2.19 bits per heavy atom. The molecular weight excluding hydrogens is 352 g/mol. The highest BCUT2D eigenvalue weighted by Crippen LogP contribution is 2.33. The third-order valence-corrected chi connectivity index (χ3v) is 5.65. The molecule has 0 aromatic carbocycles. The number of likely N-dealkylation sites (tertiary alicyclic amines) is 1. The molecule has 5 atom stereocenters. The Morgan fingerprint density at radius 1 is 1.44 bits per heavy atom. The van der Waals surface area contributed by atoms with E-state index >= 15 is 0 Å². The van der Waals surface area contributed by atoms with Gasteiger partial charge >= 0.3 is 11.8 Å². The fourth-order valence-electron chi connectivity index (χ4n) is 4.05. The first-order valence-electron chi connectivity index (χ1n) is 9.04. The number of imide groups is 1. The number of nitrogens with one attached hydrogen (secondary N) is 3. The van der Waals surface area contributed by atoms with E-state index in [0.29, 0.717) is 18.5 Å². The van der Waals surface area contributed by atoms with Gasteiger partial charge in [0.1, 0.15) is 6.04 Å². The molecule has 27 heavy (non-hydrogen) atoms. The quantitative estimate of drug-likeness (QED) is 0.351. The third-order valence-electron chi connectivity index (χ3n) is 5.65. The summed E-state index contributed by atoms with van der Waals surface area (Å²) in [6.45, 7) is 1.84. The summed E-state index contributed by atoms with van der Waals surface area (Å²) < 4.78 is -0.649. The molecule has 5 N–H and O–H groups in total. The smallest absolute Gasteiger partial charge is 0.345 e. The first-order chi connectivity index (χ1) is 12.8. The summed E-state index contributed by atoms with van der Waals surface area (Å²) in [7, 11) is 1.47. The van der Waals surface area contributed by atoms with Gasteiger partial charge in [-0.1, -0.05) is 6.92 Å². The van der Waals surface area contributed by atoms with Gasteiger partial charge in [-0.2, -0.15) is 4.48 Å². The van der Waals surface area contributed by atoms with Gasteiger partial charge in [-0.05, 0) is 0 Å². The van der Waals surface area contributed by atoms with Crippen molar-refractivity contribution in [2.75, 3.05) is 13.6 Å². The highest BCUT2D eigenvalue weighted by atomic mass is 16.2. The van der Waals surface area contributed by atoms with Crippen LogP contribution in [0, 0.1) is 5.92 Å². The van der Waals surface area contributed by atoms with Crippen LogP contribution in [-0.4, -0.2) is 69.8 Å². The lowest BCUT2D eigenvalue weighted by molar-refractivity contribution is -0.784. The fraction of sp³-hybridized carbons (Fsp3) is 0.588. The van der Waals surface area contributed by atoms with Gasteiger partial charge in [-0.15, -0.1) is 0 Å². The number of carbonyl (C=O) groups excluding carboxylic acids is 4. The number of carbonyl (C=O) groups is 4. The Hall–Kier alpha value is -2.59. The molecule has 10 heteroatoms. The van der Waals surface area contributed by atoms with Crippen LogP contribution >= 0.6 is 0 Å². The lowest BCUT2D eigenvalue weighted by Crippen LogP contribution is -2.75. The Bertz CT molecular complexity index is 763. The number of hydrogen-bond donors (Lipinski definition) is 4. The highest BCUT2D eigenvalue weighted by molar-refractivity contribution is 6.01. The molecule has 3 rings (SSSR count). The van der Waals surface area contributed by atoms with E-state index in [1.807, 2.05) is 0 Å². The van der Waals surface area contributed by atoms with Crippen LogP contribution in [0.2, 0.25) is 0 Å². The van der Waals surface area contributed by atoms with Crippen molar-refractivity contribution < 1.29 is 23.7 Å². The van der Waals surface area contributed by atoms with Crippen molar-refractivity contribution in [1.29, 1.82) is 0 Å². The average molecular weight is 377 g/mol. The molecule has 2 aliphatic heterocycles. The van der Waals surface area contributed by atoms with Crippen molar-refractivity contribution >= 4 is 23.6 Å². The summed E-state index contributed by atoms with van der Waals surface area (Å²) in [4.78, 5) is 57.6. The van der Waals surface area contributed by atoms with E-state index in [1.54, 1.807) is 13.1 Å². The van der Waals surface area contributed by atoms with Crippen LogP contribution in [0.1, 0.15) is 25.5 Å². The summed E-state index contributed by atoms with van der Waals surface area (Å²) in [5.41, 5.74) is 6.82. The number of imidazole rings is 1. The van der Waals surface area contributed by atoms with Gasteiger partial charge < -0.3 is 21.4 Å². The van der Waals surface area contributed by atoms with Crippen molar-refractivity contribution in [1.82, 2.24) is 20.6 Å². The molecule has 2 saturated heterocycles. The maximum Gasteiger partial charge on any atom is 0.345 e. The van der Waals surface area contributed by atoms with E-state index in [1.165, 1.54) is 13.4 Å². The molecule has 0 aliphatic carbocycles. The normalized spacial score (nSPS) is 30.9. The van der Waals surface area contributed by atoms with Crippen molar-refractivity contribution in [2.24, 2.45) is 11.7 Å². The minimum atomic E-state index is -0.981. The van der Waals surface area contributed by atoms with Crippen LogP contribution in [-0.2, 0) is 25.6 Å². The predicted molar refractivity (Wildman–Crippen MR) is 93.6 cm³/mol. The molecule has 1 unspecified atom stereocenters. The van der Waals surface area contributed by atoms with E-state index in [4.69, 9.17) is 5.73 Å². The molecule has 0 spiro atoms. The van der Waals surface area contributed by atoms with Gasteiger partial charge in [-0.25, -0.2) is 14.6 Å². The largest absolute Gasteiger partial charge is 0.354 e. The summed E-state index contributed by atoms with van der Waals surface area (Å²) in [6.07, 6.45) is 4.17. The number of aromatic amines is 1. The van der Waals surface area contributed by atoms with Crippen molar-refractivity contribution in [3.8, 4) is 0 Å². The number of quaternary nitrogens is 1. The second kappa shape index (κ2) is 7.20. The zero-order chi connectivity index (χ0) is 19.8. The monoisotopic (exact) mass is 377 g/mol. The van der Waals surface area contributed by atoms with Gasteiger partial charge in [0.15, 0.2) is 12.1 Å². The molecule has 146 valence electrons. The molecule has 1 aromatic rings. The lowest BCUT2D eigenvalue weighted by Gasteiger charge is -2.41. The number of hydrogen-bond acceptors (Lipinski definition) is 6. The van der Waals surface area contributed by atoms with Crippen LogP contribution < -0.4 is 16.4 Å². The second-order valence-electron chi connectivity index (χ2n) is 7.20. The Morgan fingerprint density at radius 3 is 2.74 bits per heavy atom. The van der Waals surface area contributed by atoms with Crippen LogP contribution in [0.5, 0.6) is 0 Å². The molecule has 4 amide bonds. The Kier molecular flexibility index (Phi) is 5.11. The number of likely N-dealkylation sites (N-methyl/N-ethyl adjacent to an activating group) is 1. The Balaban J connectivity index is 1.94. The fourth-order valence-corrected chi connectivity index (χ4v) is 4.05. The molecule has 2 aliphatic rings. The topological polar surface area (TPSA) is 147 Å². The van der Waals surface area contributed by atoms with Crippen molar-refractivity contribution in [3.63, 3.8) is 0 Å². The van der Waals surface area contributed by atoms with Gasteiger partial charge in [0.25, 0.3) is 5.91 Å². The predicted octanol–water partition coefficient (Wildman–Crippen LogP) is -1.81. The zero-order valence-corrected chi connectivity index (χ0v) is 15.4. The molecule has 1 aromatic heterocycles. The highest BCUT2D eigenvalue weighted by Gasteiger charge is 2.62. The lowest BCUT2D eigenvalue weighted by atomic mass is 9.89. The van der Waals surface area contributed by atoms with Crippen LogP contribution in [0.15, 0.2) is 12.5 Å². The third kappa shape index (κ3) is 3.04. The van der Waals surface area contributed by atoms with Gasteiger partial charge in [0.2, 0.25) is 5.91 Å². The average Bonchev–Trinajstić information content (AvgIpc) is 3.34. The van der Waals surface area contributed by atoms with E-state index in [0.717, 1.165) is 0 Å². The summed E-state index contributed by atoms with van der Waals surface area (Å²) in [6, 6.07) is -2.61. The number of β-lactam (4-membered cyclic amide) rings is 1. The first-order valence-corrected chi connectivity index (χ1v) is 9.04. The minimum absolute atomic E-state index is 0.180. The molecule has 3 heterocycles. The van der Waals surface area contributed by atoms with Crippen LogP contribution in [0.25, 0.3) is 0 Å². The van der Waals surface area contributed by atoms with Gasteiger partial charge in [-0.3, -0.25) is 9.59 Å². The van der Waals surface area contributed by atoms with E-state index in [2.05, 4.69) is 20.6 Å². The van der Waals surface area contributed by atoms with Crippen molar-refractivity contribution in [3.05, 3.63) is 18.2 Å². The van der Waals surface area contributed by atoms with Gasteiger partial charge in [0.05, 0.1) is 18.8 Å². The van der Waals surface area contributed by atoms with Crippen LogP contribution in [0.4, 0.5) is 0 Å². The number of amides is 4. The second-order valence-corrected chi connectivity index (χ2v) is 7.20. The number of rotatable bonds is 5. The summed E-state index contributed by atoms with van der Waals surface area (Å²) >= 11 is 0. The number of aromatic nitrogens is 2. The molecule has 2 fully saturated rings. The molecule has 10 nitrogen and oxygen atoms in total. The first kappa shape index (κ1) is 19.2. The summed E-state index contributed by atoms with van der Waals surface area (Å²) in [5.74, 6) is -2.11. The van der Waals surface area contributed by atoms with E-state index in [9.17, 15) is 19.2 Å². The summed E-state index contributed by atoms with van der Waals surface area (Å²) in [5, 5.41) is 5.11.